The van der Waals surface area contributed by atoms with E-state index in [4.69, 9.17) is 4.74 Å². The van der Waals surface area contributed by atoms with E-state index in [1.807, 2.05) is 42.5 Å². The molecule has 0 fully saturated rings. The van der Waals surface area contributed by atoms with Crippen molar-refractivity contribution in [3.63, 3.8) is 0 Å². The van der Waals surface area contributed by atoms with E-state index in [1.165, 1.54) is 6.08 Å². The van der Waals surface area contributed by atoms with Crippen LogP contribution >= 0.6 is 0 Å². The average Bonchev–Trinajstić information content (AvgIpc) is 3.11. The van der Waals surface area contributed by atoms with Crippen molar-refractivity contribution in [2.45, 2.75) is 26.3 Å². The lowest BCUT2D eigenvalue weighted by Gasteiger charge is -2.28. The van der Waals surface area contributed by atoms with E-state index in [0.29, 0.717) is 12.3 Å². The van der Waals surface area contributed by atoms with Gasteiger partial charge in [0.25, 0.3) is 5.91 Å². The molecule has 1 N–H and O–H groups in total. The molecule has 2 aromatic carbocycles. The second-order valence-corrected chi connectivity index (χ2v) is 7.93. The van der Waals surface area contributed by atoms with Crippen LogP contribution in [0.2, 0.25) is 0 Å². The maximum Gasteiger partial charge on any atom is 0.290 e. The van der Waals surface area contributed by atoms with Crippen LogP contribution in [0.5, 0.6) is 5.75 Å². The first kappa shape index (κ1) is 24.3. The van der Waals surface area contributed by atoms with E-state index in [-0.39, 0.29) is 11.4 Å². The zero-order valence-electron chi connectivity index (χ0n) is 19.5. The van der Waals surface area contributed by atoms with Gasteiger partial charge < -0.3 is 19.6 Å². The highest BCUT2D eigenvalue weighted by Crippen LogP contribution is 2.38. The van der Waals surface area contributed by atoms with Gasteiger partial charge in [-0.1, -0.05) is 62.4 Å². The number of nitrogens with zero attached hydrogens (tertiary/aromatic N) is 2. The molecule has 3 rings (SSSR count). The SMILES string of the molecule is CCN(CC)CCCN1C(=O)C(O)=C(C(=O)/C=C/c2ccccc2)C1c1ccc(OC)cc1. The molecule has 0 aromatic heterocycles. The van der Waals surface area contributed by atoms with Crippen LogP contribution < -0.4 is 4.74 Å². The van der Waals surface area contributed by atoms with Crippen LogP contribution in [0.4, 0.5) is 0 Å². The minimum absolute atomic E-state index is 0.111. The number of amides is 1. The molecule has 2 aromatic rings. The summed E-state index contributed by atoms with van der Waals surface area (Å²) in [5.41, 5.74) is 1.74. The first-order valence-electron chi connectivity index (χ1n) is 11.4. The van der Waals surface area contributed by atoms with Crippen molar-refractivity contribution in [3.8, 4) is 5.75 Å². The normalized spacial score (nSPS) is 16.3. The third kappa shape index (κ3) is 5.71. The third-order valence-electron chi connectivity index (χ3n) is 6.00. The summed E-state index contributed by atoms with van der Waals surface area (Å²) in [5, 5.41) is 10.7. The van der Waals surface area contributed by atoms with E-state index in [1.54, 1.807) is 30.2 Å². The Morgan fingerprint density at radius 1 is 1.09 bits per heavy atom. The fourth-order valence-corrected chi connectivity index (χ4v) is 4.10. The Hall–Kier alpha value is -3.38. The van der Waals surface area contributed by atoms with Crippen LogP contribution in [-0.4, -0.2) is 59.9 Å². The van der Waals surface area contributed by atoms with Gasteiger partial charge in [-0.15, -0.1) is 0 Å². The molecule has 0 bridgehead atoms. The number of aliphatic hydroxyl groups excluding tert-OH is 1. The molecule has 6 nitrogen and oxygen atoms in total. The first-order valence-corrected chi connectivity index (χ1v) is 11.4. The molecule has 1 unspecified atom stereocenters. The quantitative estimate of drug-likeness (QED) is 0.516. The molecule has 33 heavy (non-hydrogen) atoms. The molecule has 0 spiro atoms. The van der Waals surface area contributed by atoms with Gasteiger partial charge in [0.2, 0.25) is 0 Å². The fraction of sp³-hybridized carbons (Fsp3) is 0.333. The van der Waals surface area contributed by atoms with Crippen LogP contribution in [0.15, 0.2) is 72.0 Å². The summed E-state index contributed by atoms with van der Waals surface area (Å²) >= 11 is 0. The Morgan fingerprint density at radius 2 is 1.76 bits per heavy atom. The smallest absolute Gasteiger partial charge is 0.290 e. The molecule has 0 radical (unpaired) electrons. The number of hydrogen-bond acceptors (Lipinski definition) is 5. The lowest BCUT2D eigenvalue weighted by atomic mass is 9.95. The molecule has 1 heterocycles. The number of allylic oxidation sites excluding steroid dienone is 1. The molecule has 0 saturated carbocycles. The van der Waals surface area contributed by atoms with Gasteiger partial charge in [-0.25, -0.2) is 0 Å². The Kier molecular flexibility index (Phi) is 8.44. The molecule has 0 aliphatic carbocycles. The molecule has 174 valence electrons. The van der Waals surface area contributed by atoms with E-state index < -0.39 is 17.7 Å². The van der Waals surface area contributed by atoms with Gasteiger partial charge in [0.1, 0.15) is 5.75 Å². The Labute approximate surface area is 195 Å². The largest absolute Gasteiger partial charge is 0.503 e. The van der Waals surface area contributed by atoms with Crippen molar-refractivity contribution in [2.24, 2.45) is 0 Å². The summed E-state index contributed by atoms with van der Waals surface area (Å²) in [6.45, 7) is 7.36. The van der Waals surface area contributed by atoms with Crippen molar-refractivity contribution in [1.82, 2.24) is 9.80 Å². The molecular formula is C27H32N2O4. The van der Waals surface area contributed by atoms with E-state index in [9.17, 15) is 14.7 Å². The third-order valence-corrected chi connectivity index (χ3v) is 6.00. The maximum absolute atomic E-state index is 13.2. The highest BCUT2D eigenvalue weighted by atomic mass is 16.5. The van der Waals surface area contributed by atoms with Crippen LogP contribution in [-0.2, 0) is 9.59 Å². The molecule has 1 atom stereocenters. The number of ether oxygens (including phenoxy) is 1. The summed E-state index contributed by atoms with van der Waals surface area (Å²) in [6.07, 6.45) is 3.86. The first-order chi connectivity index (χ1) is 16.0. The van der Waals surface area contributed by atoms with Crippen LogP contribution in [0, 0.1) is 0 Å². The van der Waals surface area contributed by atoms with E-state index in [2.05, 4.69) is 18.7 Å². The molecule has 0 saturated heterocycles. The van der Waals surface area contributed by atoms with Crippen LogP contribution in [0.1, 0.15) is 37.4 Å². The summed E-state index contributed by atoms with van der Waals surface area (Å²) in [6, 6.07) is 16.1. The molecule has 1 aliphatic heterocycles. The van der Waals surface area contributed by atoms with Crippen LogP contribution in [0.25, 0.3) is 6.08 Å². The minimum atomic E-state index is -0.645. The van der Waals surface area contributed by atoms with Gasteiger partial charge in [-0.2, -0.15) is 0 Å². The minimum Gasteiger partial charge on any atom is -0.503 e. The Bertz CT molecular complexity index is 1010. The van der Waals surface area contributed by atoms with Crippen molar-refractivity contribution < 1.29 is 19.4 Å². The van der Waals surface area contributed by atoms with Gasteiger partial charge in [-0.05, 0) is 55.4 Å². The van der Waals surface area contributed by atoms with Gasteiger partial charge >= 0.3 is 0 Å². The van der Waals surface area contributed by atoms with Crippen molar-refractivity contribution in [3.05, 3.63) is 83.1 Å². The summed E-state index contributed by atoms with van der Waals surface area (Å²) in [4.78, 5) is 30.1. The Balaban J connectivity index is 1.90. The highest BCUT2D eigenvalue weighted by molar-refractivity contribution is 6.14. The van der Waals surface area contributed by atoms with Crippen LogP contribution in [0.3, 0.4) is 0 Å². The Morgan fingerprint density at radius 3 is 2.36 bits per heavy atom. The summed E-state index contributed by atoms with van der Waals surface area (Å²) in [7, 11) is 1.59. The van der Waals surface area contributed by atoms with E-state index >= 15 is 0 Å². The van der Waals surface area contributed by atoms with Gasteiger partial charge in [-0.3, -0.25) is 9.59 Å². The predicted octanol–water partition coefficient (Wildman–Crippen LogP) is 4.41. The number of ketones is 1. The molecule has 1 amide bonds. The van der Waals surface area contributed by atoms with Gasteiger partial charge in [0, 0.05) is 6.54 Å². The lowest BCUT2D eigenvalue weighted by molar-refractivity contribution is -0.129. The molecule has 1 aliphatic rings. The van der Waals surface area contributed by atoms with Crippen molar-refractivity contribution in [1.29, 1.82) is 0 Å². The number of carbonyl (C=O) groups is 2. The number of aliphatic hydroxyl groups is 1. The molecular weight excluding hydrogens is 416 g/mol. The fourth-order valence-electron chi connectivity index (χ4n) is 4.10. The van der Waals surface area contributed by atoms with Gasteiger partial charge in [0.15, 0.2) is 11.5 Å². The topological polar surface area (TPSA) is 70.1 Å². The number of benzene rings is 2. The number of carbonyl (C=O) groups excluding carboxylic acids is 2. The second-order valence-electron chi connectivity index (χ2n) is 7.93. The number of hydrogen-bond donors (Lipinski definition) is 1. The highest BCUT2D eigenvalue weighted by Gasteiger charge is 2.42. The lowest BCUT2D eigenvalue weighted by Crippen LogP contribution is -2.34. The van der Waals surface area contributed by atoms with Crippen molar-refractivity contribution in [2.75, 3.05) is 33.3 Å². The standard InChI is InChI=1S/C27H32N2O4/c1-4-28(5-2)18-9-19-29-25(21-13-15-22(33-3)16-14-21)24(26(31)27(29)32)23(30)17-12-20-10-7-6-8-11-20/h6-8,10-17,25,31H,4-5,9,18-19H2,1-3H3/b17-12+. The number of rotatable bonds is 11. The van der Waals surface area contributed by atoms with Gasteiger partial charge in [0.05, 0.1) is 18.7 Å². The zero-order valence-corrected chi connectivity index (χ0v) is 19.5. The van der Waals surface area contributed by atoms with Crippen molar-refractivity contribution >= 4 is 17.8 Å². The second kappa shape index (κ2) is 11.5. The monoisotopic (exact) mass is 448 g/mol. The zero-order chi connectivity index (χ0) is 23.8. The van der Waals surface area contributed by atoms with E-state index in [0.717, 1.165) is 37.2 Å². The number of methoxy groups -OCH3 is 1. The molecule has 6 heteroatoms. The summed E-state index contributed by atoms with van der Waals surface area (Å²) < 4.78 is 5.25. The average molecular weight is 449 g/mol. The predicted molar refractivity (Wildman–Crippen MR) is 130 cm³/mol. The maximum atomic E-state index is 13.2. The summed E-state index contributed by atoms with van der Waals surface area (Å²) in [5.74, 6) is -0.675.